The molecule has 1 aromatic heterocycles. The van der Waals surface area contributed by atoms with Gasteiger partial charge in [0.05, 0.1) is 30.4 Å². The number of halogens is 2. The summed E-state index contributed by atoms with van der Waals surface area (Å²) in [5.74, 6) is -6.52. The van der Waals surface area contributed by atoms with Gasteiger partial charge in [-0.25, -0.2) is 8.78 Å². The van der Waals surface area contributed by atoms with Crippen molar-refractivity contribution >= 4 is 26.2 Å². The minimum absolute atomic E-state index is 0.0167. The van der Waals surface area contributed by atoms with E-state index < -0.39 is 71.4 Å². The number of benzene rings is 1. The molecule has 1 unspecified atom stereocenters. The van der Waals surface area contributed by atoms with Gasteiger partial charge >= 0.3 is 0 Å². The standard InChI is InChI=1S/C36H48F2N2O8Si/c1-10-12-14-45-30-21(18-41)27(38)26(37)20-16-19-17-22-28(40(6)7)31-25(34(39-47-31)46-15-13-11-2)33(44)36(22,48-49(8,9)35(3,4)5)32(43)23(19)29(42)24(20)30/h18-19,22,28,43H,10-17H2,1-9H3/t19-,22-,28?,36-/m0/s1. The van der Waals surface area contributed by atoms with Crippen LogP contribution in [0.1, 0.15) is 115 Å². The first kappa shape index (κ1) is 36.8. The van der Waals surface area contributed by atoms with Gasteiger partial charge < -0.3 is 23.5 Å². The summed E-state index contributed by atoms with van der Waals surface area (Å²) in [6, 6.07) is -0.680. The summed E-state index contributed by atoms with van der Waals surface area (Å²) >= 11 is 0. The summed E-state index contributed by atoms with van der Waals surface area (Å²) in [5.41, 5.74) is -3.41. The van der Waals surface area contributed by atoms with Crippen LogP contribution in [0.4, 0.5) is 8.78 Å². The molecule has 4 atom stereocenters. The molecule has 0 saturated carbocycles. The molecule has 49 heavy (non-hydrogen) atoms. The summed E-state index contributed by atoms with van der Waals surface area (Å²) in [4.78, 5) is 43.7. The van der Waals surface area contributed by atoms with Gasteiger partial charge in [-0.2, -0.15) is 0 Å². The molecule has 1 N–H and O–H groups in total. The maximum Gasteiger partial charge on any atom is 0.265 e. The van der Waals surface area contributed by atoms with Crippen molar-refractivity contribution in [3.63, 3.8) is 0 Å². The Kier molecular flexibility index (Phi) is 10.1. The molecule has 3 aliphatic rings. The molecule has 2 aromatic rings. The normalized spacial score (nSPS) is 23.6. The van der Waals surface area contributed by atoms with E-state index in [1.165, 1.54) is 0 Å². The number of hydrogen-bond acceptors (Lipinski definition) is 10. The van der Waals surface area contributed by atoms with Gasteiger partial charge in [-0.3, -0.25) is 19.3 Å². The monoisotopic (exact) mass is 702 g/mol. The number of aliphatic hydroxyl groups is 1. The highest BCUT2D eigenvalue weighted by Gasteiger charge is 2.67. The molecular weight excluding hydrogens is 654 g/mol. The summed E-state index contributed by atoms with van der Waals surface area (Å²) in [6.45, 7) is 14.2. The van der Waals surface area contributed by atoms with Gasteiger partial charge in [-0.1, -0.05) is 47.5 Å². The number of rotatable bonds is 12. The second-order valence-corrected chi connectivity index (χ2v) is 19.9. The Morgan fingerprint density at radius 2 is 1.69 bits per heavy atom. The fraction of sp³-hybridized carbons (Fsp3) is 0.611. The molecule has 0 fully saturated rings. The van der Waals surface area contributed by atoms with E-state index in [1.807, 2.05) is 52.6 Å². The largest absolute Gasteiger partial charge is 0.508 e. The summed E-state index contributed by atoms with van der Waals surface area (Å²) in [6.07, 6.45) is 2.83. The quantitative estimate of drug-likeness (QED) is 0.134. The molecule has 0 amide bonds. The third kappa shape index (κ3) is 5.75. The fourth-order valence-corrected chi connectivity index (χ4v) is 8.63. The predicted octanol–water partition coefficient (Wildman–Crippen LogP) is 7.57. The molecule has 0 saturated heterocycles. The SMILES string of the molecule is CCCCOc1noc2c1C(=O)[C@@]1(O[Si](C)(C)C(C)(C)C)C(O)=C3C(=O)c4c(c(F)c(F)c(C=O)c4OCCCC)C[C@H]3C[C@H]1C2N(C)C. The van der Waals surface area contributed by atoms with Crippen LogP contribution in [0.15, 0.2) is 15.9 Å². The van der Waals surface area contributed by atoms with Gasteiger partial charge in [-0.05, 0) is 69.0 Å². The second-order valence-electron chi connectivity index (χ2n) is 15.1. The van der Waals surface area contributed by atoms with Crippen LogP contribution in [-0.4, -0.2) is 74.2 Å². The van der Waals surface area contributed by atoms with E-state index >= 15 is 13.6 Å². The molecule has 5 rings (SSSR count). The first-order valence-corrected chi connectivity index (χ1v) is 20.0. The number of ether oxygens (including phenoxy) is 2. The van der Waals surface area contributed by atoms with E-state index in [0.29, 0.717) is 19.3 Å². The Morgan fingerprint density at radius 1 is 1.06 bits per heavy atom. The highest BCUT2D eigenvalue weighted by Crippen LogP contribution is 2.60. The van der Waals surface area contributed by atoms with Crippen molar-refractivity contribution in [2.45, 2.75) is 103 Å². The summed E-state index contributed by atoms with van der Waals surface area (Å²) in [5, 5.41) is 16.3. The van der Waals surface area contributed by atoms with Crippen LogP contribution >= 0.6 is 0 Å². The van der Waals surface area contributed by atoms with E-state index in [-0.39, 0.29) is 72.0 Å². The van der Waals surface area contributed by atoms with Crippen LogP contribution in [-0.2, 0) is 10.8 Å². The van der Waals surface area contributed by atoms with Gasteiger partial charge in [0.25, 0.3) is 5.88 Å². The zero-order valence-electron chi connectivity index (χ0n) is 29.9. The molecule has 0 radical (unpaired) electrons. The topological polar surface area (TPSA) is 128 Å². The number of fused-ring (bicyclic) bond motifs is 4. The predicted molar refractivity (Wildman–Crippen MR) is 180 cm³/mol. The number of carbonyl (C=O) groups excluding carboxylic acids is 3. The Bertz CT molecular complexity index is 1690. The number of aldehydes is 1. The van der Waals surface area contributed by atoms with Crippen LogP contribution in [0.2, 0.25) is 18.1 Å². The number of aromatic nitrogens is 1. The van der Waals surface area contributed by atoms with Crippen LogP contribution in [0.25, 0.3) is 0 Å². The Labute approximate surface area is 287 Å². The fourth-order valence-electron chi connectivity index (χ4n) is 7.18. The van der Waals surface area contributed by atoms with Gasteiger partial charge in [0, 0.05) is 17.1 Å². The molecule has 0 spiro atoms. The lowest BCUT2D eigenvalue weighted by Crippen LogP contribution is -2.65. The molecule has 3 aliphatic carbocycles. The maximum atomic E-state index is 15.7. The highest BCUT2D eigenvalue weighted by atomic mass is 28.4. The zero-order valence-corrected chi connectivity index (χ0v) is 30.9. The average Bonchev–Trinajstić information content (AvgIpc) is 3.43. The molecule has 10 nitrogen and oxygen atoms in total. The molecular formula is C36H48F2N2O8Si. The lowest BCUT2D eigenvalue weighted by molar-refractivity contribution is -0.0481. The summed E-state index contributed by atoms with van der Waals surface area (Å²) < 4.78 is 55.8. The number of hydrogen-bond donors (Lipinski definition) is 1. The highest BCUT2D eigenvalue weighted by molar-refractivity contribution is 6.74. The Balaban J connectivity index is 1.81. The van der Waals surface area contributed by atoms with Gasteiger partial charge in [0.1, 0.15) is 17.1 Å². The number of nitrogens with zero attached hydrogens (tertiary/aromatic N) is 2. The third-order valence-electron chi connectivity index (χ3n) is 10.7. The molecule has 0 bridgehead atoms. The molecule has 1 heterocycles. The number of carbonyl (C=O) groups is 3. The van der Waals surface area contributed by atoms with Crippen molar-refractivity contribution in [1.29, 1.82) is 0 Å². The van der Waals surface area contributed by atoms with Crippen molar-refractivity contribution in [3.8, 4) is 11.6 Å². The third-order valence-corrected chi connectivity index (χ3v) is 15.2. The molecule has 268 valence electrons. The molecule has 13 heteroatoms. The first-order chi connectivity index (χ1) is 23.0. The van der Waals surface area contributed by atoms with Crippen molar-refractivity contribution < 1.29 is 46.7 Å². The number of unbranched alkanes of at least 4 members (excludes halogenated alkanes) is 2. The minimum atomic E-state index is -2.94. The minimum Gasteiger partial charge on any atom is -0.508 e. The van der Waals surface area contributed by atoms with Crippen molar-refractivity contribution in [3.05, 3.63) is 51.0 Å². The number of allylic oxidation sites excluding steroid dienone is 1. The number of Topliss-reactive ketones (excluding diaryl/α,β-unsaturated/α-hetero) is 2. The van der Waals surface area contributed by atoms with E-state index in [2.05, 4.69) is 5.16 Å². The zero-order chi connectivity index (χ0) is 36.2. The second kappa shape index (κ2) is 13.4. The Hall–Kier alpha value is -3.42. The number of aliphatic hydroxyl groups excluding tert-OH is 1. The van der Waals surface area contributed by atoms with Crippen molar-refractivity contribution in [2.75, 3.05) is 27.3 Å². The van der Waals surface area contributed by atoms with E-state index in [1.54, 1.807) is 14.1 Å². The smallest absolute Gasteiger partial charge is 0.265 e. The lowest BCUT2D eigenvalue weighted by atomic mass is 9.58. The maximum absolute atomic E-state index is 15.7. The van der Waals surface area contributed by atoms with Crippen LogP contribution in [0, 0.1) is 23.5 Å². The van der Waals surface area contributed by atoms with Crippen molar-refractivity contribution in [1.82, 2.24) is 10.1 Å². The number of ketones is 2. The Morgan fingerprint density at radius 3 is 2.27 bits per heavy atom. The molecule has 1 aromatic carbocycles. The lowest BCUT2D eigenvalue weighted by Gasteiger charge is -2.55. The molecule has 0 aliphatic heterocycles. The van der Waals surface area contributed by atoms with Crippen LogP contribution < -0.4 is 9.47 Å². The van der Waals surface area contributed by atoms with E-state index in [4.69, 9.17) is 18.4 Å². The van der Waals surface area contributed by atoms with Gasteiger partial charge in [0.15, 0.2) is 43.4 Å². The summed E-state index contributed by atoms with van der Waals surface area (Å²) in [7, 11) is 0.663. The average molecular weight is 703 g/mol. The van der Waals surface area contributed by atoms with Crippen LogP contribution in [0.3, 0.4) is 0 Å². The van der Waals surface area contributed by atoms with E-state index in [0.717, 1.165) is 6.42 Å². The van der Waals surface area contributed by atoms with E-state index in [9.17, 15) is 14.7 Å². The van der Waals surface area contributed by atoms with Gasteiger partial charge in [-0.15, -0.1) is 0 Å². The van der Waals surface area contributed by atoms with Crippen LogP contribution in [0.5, 0.6) is 11.6 Å². The van der Waals surface area contributed by atoms with Crippen molar-refractivity contribution in [2.24, 2.45) is 11.8 Å². The van der Waals surface area contributed by atoms with Gasteiger partial charge in [0.2, 0.25) is 5.78 Å². The first-order valence-electron chi connectivity index (χ1n) is 17.1.